The van der Waals surface area contributed by atoms with Crippen LogP contribution in [0.5, 0.6) is 0 Å². The maximum atomic E-state index is 12.8. The summed E-state index contributed by atoms with van der Waals surface area (Å²) in [6, 6.07) is 10.6. The minimum atomic E-state index is -0.947. The van der Waals surface area contributed by atoms with Crippen molar-refractivity contribution in [2.45, 2.75) is 83.5 Å². The number of nitrogens with one attached hydrogen (secondary N) is 1. The number of aromatic nitrogens is 2. The summed E-state index contributed by atoms with van der Waals surface area (Å²) in [5, 5.41) is 2.70. The molecular formula is C30H46N8O3. The molecule has 4 rings (SSSR count). The molecule has 2 heterocycles. The maximum Gasteiger partial charge on any atom is 0.354 e. The molecule has 1 saturated carbocycles. The zero-order valence-corrected chi connectivity index (χ0v) is 24.9. The second-order valence-electron chi connectivity index (χ2n) is 12.0. The first-order valence-electron chi connectivity index (χ1n) is 14.8. The van der Waals surface area contributed by atoms with Crippen LogP contribution in [0.2, 0.25) is 0 Å². The lowest BCUT2D eigenvalue weighted by Gasteiger charge is -2.39. The van der Waals surface area contributed by atoms with Gasteiger partial charge in [-0.25, -0.2) is 9.59 Å². The Morgan fingerprint density at radius 2 is 1.66 bits per heavy atom. The molecule has 1 saturated heterocycles. The van der Waals surface area contributed by atoms with E-state index in [0.717, 1.165) is 38.6 Å². The smallest absolute Gasteiger partial charge is 0.338 e. The number of likely N-dealkylation sites (N-methyl/N-ethyl adjacent to an activating group) is 1. The highest BCUT2D eigenvalue weighted by molar-refractivity contribution is 5.89. The third-order valence-corrected chi connectivity index (χ3v) is 8.33. The average molecular weight is 567 g/mol. The zero-order chi connectivity index (χ0) is 29.7. The number of nitrogens with zero attached hydrogens (tertiary/aromatic N) is 5. The van der Waals surface area contributed by atoms with E-state index in [1.807, 2.05) is 12.1 Å². The summed E-state index contributed by atoms with van der Waals surface area (Å²) in [5.41, 5.74) is 12.5. The third kappa shape index (κ3) is 7.72. The van der Waals surface area contributed by atoms with E-state index in [4.69, 9.17) is 11.5 Å². The molecule has 224 valence electrons. The van der Waals surface area contributed by atoms with Crippen LogP contribution >= 0.6 is 0 Å². The first-order chi connectivity index (χ1) is 19.5. The van der Waals surface area contributed by atoms with Gasteiger partial charge in [-0.3, -0.25) is 19.6 Å². The lowest BCUT2D eigenvalue weighted by atomic mass is 9.89. The Balaban J connectivity index is 1.32. The quantitative estimate of drug-likeness (QED) is 0.444. The van der Waals surface area contributed by atoms with Crippen LogP contribution in [0.25, 0.3) is 5.69 Å². The van der Waals surface area contributed by atoms with Gasteiger partial charge in [0.15, 0.2) is 0 Å². The Bertz CT molecular complexity index is 1240. The molecule has 41 heavy (non-hydrogen) atoms. The Hall–Kier alpha value is -3.28. The van der Waals surface area contributed by atoms with E-state index in [1.165, 1.54) is 10.1 Å². The van der Waals surface area contributed by atoms with Gasteiger partial charge in [0.25, 0.3) is 0 Å². The molecule has 1 unspecified atom stereocenters. The molecule has 2 aromatic rings. The van der Waals surface area contributed by atoms with Crippen LogP contribution in [0.3, 0.4) is 0 Å². The standard InChI is InChI=1S/C30H46N8O3/c1-5-37(24-12-8-23(31)9-13-24)21(2)20-22-6-10-25(11-7-22)38-15-14-26(34-29(38)41)33-28(40)36-18-16-35(17-19-36)27(39)30(3,4)32/h6-7,10-11,14-15,21,23-24H,5,8-9,12-13,16-20,31-32H2,1-4H3,(H,33,34,40,41). The van der Waals surface area contributed by atoms with Crippen molar-refractivity contribution in [2.75, 3.05) is 38.0 Å². The lowest BCUT2D eigenvalue weighted by Crippen LogP contribution is -2.58. The molecule has 1 atom stereocenters. The van der Waals surface area contributed by atoms with Crippen LogP contribution in [0.15, 0.2) is 41.3 Å². The summed E-state index contributed by atoms with van der Waals surface area (Å²) in [7, 11) is 0. The van der Waals surface area contributed by atoms with Crippen molar-refractivity contribution < 1.29 is 9.59 Å². The SMILES string of the molecule is CCN(C(C)Cc1ccc(-n2ccc(NC(=O)N3CCN(C(=O)C(C)(C)N)CC3)nc2=O)cc1)C1CCC(N)CC1. The lowest BCUT2D eigenvalue weighted by molar-refractivity contribution is -0.137. The normalized spacial score (nSPS) is 20.7. The van der Waals surface area contributed by atoms with Gasteiger partial charge in [0, 0.05) is 50.5 Å². The molecule has 3 amide bonds. The van der Waals surface area contributed by atoms with Crippen molar-refractivity contribution in [2.24, 2.45) is 11.5 Å². The summed E-state index contributed by atoms with van der Waals surface area (Å²) >= 11 is 0. The molecule has 0 radical (unpaired) electrons. The van der Waals surface area contributed by atoms with E-state index in [1.54, 1.807) is 35.9 Å². The summed E-state index contributed by atoms with van der Waals surface area (Å²) in [6.07, 6.45) is 7.07. The summed E-state index contributed by atoms with van der Waals surface area (Å²) in [4.78, 5) is 47.9. The second kappa shape index (κ2) is 13.1. The average Bonchev–Trinajstić information content (AvgIpc) is 2.94. The molecule has 11 heteroatoms. The van der Waals surface area contributed by atoms with Gasteiger partial charge in [-0.1, -0.05) is 19.1 Å². The van der Waals surface area contributed by atoms with E-state index >= 15 is 0 Å². The first-order valence-corrected chi connectivity index (χ1v) is 14.8. The van der Waals surface area contributed by atoms with Crippen LogP contribution in [0, 0.1) is 0 Å². The number of nitrogens with two attached hydrogens (primary N) is 2. The summed E-state index contributed by atoms with van der Waals surface area (Å²) < 4.78 is 1.46. The number of carbonyl (C=O) groups is 2. The highest BCUT2D eigenvalue weighted by atomic mass is 16.2. The second-order valence-corrected chi connectivity index (χ2v) is 12.0. The highest BCUT2D eigenvalue weighted by Gasteiger charge is 2.31. The van der Waals surface area contributed by atoms with E-state index in [2.05, 4.69) is 41.2 Å². The van der Waals surface area contributed by atoms with Crippen molar-refractivity contribution in [1.29, 1.82) is 0 Å². The molecule has 2 aliphatic rings. The van der Waals surface area contributed by atoms with Gasteiger partial charge >= 0.3 is 11.7 Å². The monoisotopic (exact) mass is 566 g/mol. The van der Waals surface area contributed by atoms with Crippen molar-refractivity contribution >= 4 is 17.8 Å². The fourth-order valence-electron chi connectivity index (χ4n) is 5.99. The van der Waals surface area contributed by atoms with Gasteiger partial charge in [0.2, 0.25) is 5.91 Å². The summed E-state index contributed by atoms with van der Waals surface area (Å²) in [5.74, 6) is 0.0463. The van der Waals surface area contributed by atoms with Crippen molar-refractivity contribution in [3.8, 4) is 5.69 Å². The van der Waals surface area contributed by atoms with Gasteiger partial charge in [0.1, 0.15) is 5.82 Å². The van der Waals surface area contributed by atoms with Crippen LogP contribution in [0.4, 0.5) is 10.6 Å². The number of benzene rings is 1. The molecule has 1 aromatic heterocycles. The molecule has 11 nitrogen and oxygen atoms in total. The minimum absolute atomic E-state index is 0.140. The number of hydrogen-bond donors (Lipinski definition) is 3. The van der Waals surface area contributed by atoms with Crippen molar-refractivity contribution in [3.63, 3.8) is 0 Å². The number of carbonyl (C=O) groups excluding carboxylic acids is 2. The molecule has 1 aliphatic carbocycles. The van der Waals surface area contributed by atoms with Gasteiger partial charge in [0.05, 0.1) is 11.2 Å². The largest absolute Gasteiger partial charge is 0.354 e. The number of anilines is 1. The predicted molar refractivity (Wildman–Crippen MR) is 161 cm³/mol. The van der Waals surface area contributed by atoms with Gasteiger partial charge < -0.3 is 21.3 Å². The maximum absolute atomic E-state index is 12.8. The number of amides is 3. The molecule has 0 spiro atoms. The van der Waals surface area contributed by atoms with Crippen LogP contribution < -0.4 is 22.5 Å². The molecule has 5 N–H and O–H groups in total. The van der Waals surface area contributed by atoms with Crippen molar-refractivity contribution in [1.82, 2.24) is 24.3 Å². The van der Waals surface area contributed by atoms with E-state index < -0.39 is 11.2 Å². The molecule has 2 fully saturated rings. The molecule has 1 aliphatic heterocycles. The van der Waals surface area contributed by atoms with Crippen LogP contribution in [-0.4, -0.2) is 92.6 Å². The van der Waals surface area contributed by atoms with E-state index in [-0.39, 0.29) is 17.8 Å². The number of urea groups is 1. The van der Waals surface area contributed by atoms with E-state index in [9.17, 15) is 14.4 Å². The third-order valence-electron chi connectivity index (χ3n) is 8.33. The van der Waals surface area contributed by atoms with Crippen molar-refractivity contribution in [3.05, 3.63) is 52.6 Å². The topological polar surface area (TPSA) is 143 Å². The predicted octanol–water partition coefficient (Wildman–Crippen LogP) is 2.17. The number of rotatable bonds is 8. The Kier molecular flexibility index (Phi) is 9.83. The van der Waals surface area contributed by atoms with Gasteiger partial charge in [-0.2, -0.15) is 4.98 Å². The van der Waals surface area contributed by atoms with Crippen LogP contribution in [0.1, 0.15) is 58.9 Å². The Morgan fingerprint density at radius 3 is 2.22 bits per heavy atom. The zero-order valence-electron chi connectivity index (χ0n) is 24.9. The summed E-state index contributed by atoms with van der Waals surface area (Å²) in [6.45, 7) is 10.4. The Labute approximate surface area is 242 Å². The van der Waals surface area contributed by atoms with E-state index in [0.29, 0.717) is 50.0 Å². The first kappa shape index (κ1) is 30.7. The van der Waals surface area contributed by atoms with Crippen LogP contribution in [-0.2, 0) is 11.2 Å². The number of piperazine rings is 1. The fraction of sp³-hybridized carbons (Fsp3) is 0.600. The van der Waals surface area contributed by atoms with Gasteiger partial charge in [-0.05, 0) is 83.2 Å². The fourth-order valence-corrected chi connectivity index (χ4v) is 5.99. The Morgan fingerprint density at radius 1 is 1.05 bits per heavy atom. The van der Waals surface area contributed by atoms with Gasteiger partial charge in [-0.15, -0.1) is 0 Å². The number of hydrogen-bond acceptors (Lipinski definition) is 7. The highest BCUT2D eigenvalue weighted by Crippen LogP contribution is 2.25. The minimum Gasteiger partial charge on any atom is -0.338 e. The molecular weight excluding hydrogens is 520 g/mol. The molecule has 0 bridgehead atoms. The molecule has 1 aromatic carbocycles.